The molecule has 0 aliphatic rings. The van der Waals surface area contributed by atoms with Crippen molar-refractivity contribution in [3.8, 4) is 0 Å². The normalized spacial score (nSPS) is 11.7. The largest absolute Gasteiger partial charge is 0.345 e. The zero-order valence-electron chi connectivity index (χ0n) is 20.1. The maximum absolute atomic E-state index is 11.7. The molecular formula is C29H29N3O2. The molecule has 0 N–H and O–H groups in total. The van der Waals surface area contributed by atoms with Crippen LogP contribution < -0.4 is 0 Å². The van der Waals surface area contributed by atoms with Crippen LogP contribution in [0.1, 0.15) is 47.8 Å². The summed E-state index contributed by atoms with van der Waals surface area (Å²) in [4.78, 5) is 11.4. The molecule has 172 valence electrons. The zero-order chi connectivity index (χ0) is 24.0. The van der Waals surface area contributed by atoms with E-state index in [1.54, 1.807) is 12.1 Å². The van der Waals surface area contributed by atoms with E-state index >= 15 is 0 Å². The molecule has 0 aliphatic carbocycles. The first-order valence-electron chi connectivity index (χ1n) is 11.9. The Labute approximate surface area is 199 Å². The summed E-state index contributed by atoms with van der Waals surface area (Å²) in [5.74, 6) is -0.129. The lowest BCUT2D eigenvalue weighted by molar-refractivity contribution is -0.384. The van der Waals surface area contributed by atoms with Crippen molar-refractivity contribution in [1.29, 1.82) is 0 Å². The molecule has 0 saturated heterocycles. The Morgan fingerprint density at radius 3 is 1.74 bits per heavy atom. The van der Waals surface area contributed by atoms with Crippen molar-refractivity contribution in [3.63, 3.8) is 0 Å². The third-order valence-electron chi connectivity index (χ3n) is 7.18. The maximum atomic E-state index is 11.7. The van der Waals surface area contributed by atoms with Crippen molar-refractivity contribution in [2.24, 2.45) is 0 Å². The van der Waals surface area contributed by atoms with Gasteiger partial charge in [0.2, 0.25) is 0 Å². The van der Waals surface area contributed by atoms with Crippen LogP contribution >= 0.6 is 0 Å². The fourth-order valence-electron chi connectivity index (χ4n) is 5.75. The monoisotopic (exact) mass is 451 g/mol. The Bertz CT molecular complexity index is 1450. The molecule has 0 atom stereocenters. The van der Waals surface area contributed by atoms with E-state index < -0.39 is 0 Å². The van der Waals surface area contributed by atoms with E-state index in [1.165, 1.54) is 44.3 Å². The van der Waals surface area contributed by atoms with Gasteiger partial charge in [-0.25, -0.2) is 0 Å². The predicted octanol–water partition coefficient (Wildman–Crippen LogP) is 7.34. The Morgan fingerprint density at radius 1 is 0.765 bits per heavy atom. The number of benzene rings is 3. The Morgan fingerprint density at radius 2 is 1.26 bits per heavy atom. The second-order valence-electron chi connectivity index (χ2n) is 8.81. The minimum atomic E-state index is -0.301. The molecule has 0 saturated carbocycles. The molecule has 0 spiro atoms. The average Bonchev–Trinajstić information content (AvgIpc) is 3.30. The van der Waals surface area contributed by atoms with E-state index in [2.05, 4.69) is 85.4 Å². The minimum absolute atomic E-state index is 0.122. The average molecular weight is 452 g/mol. The van der Waals surface area contributed by atoms with Gasteiger partial charge in [0.05, 0.1) is 4.92 Å². The van der Waals surface area contributed by atoms with Crippen LogP contribution in [0.3, 0.4) is 0 Å². The highest BCUT2D eigenvalue weighted by Gasteiger charge is 2.30. The zero-order valence-corrected chi connectivity index (χ0v) is 20.1. The number of rotatable bonds is 6. The lowest BCUT2D eigenvalue weighted by Crippen LogP contribution is -2.09. The van der Waals surface area contributed by atoms with Crippen LogP contribution in [0.5, 0.6) is 0 Å². The molecular weight excluding hydrogens is 422 g/mol. The van der Waals surface area contributed by atoms with Gasteiger partial charge in [-0.1, -0.05) is 48.5 Å². The Kier molecular flexibility index (Phi) is 5.48. The minimum Gasteiger partial charge on any atom is -0.345 e. The van der Waals surface area contributed by atoms with Crippen molar-refractivity contribution in [3.05, 3.63) is 111 Å². The molecule has 0 radical (unpaired) electrons. The molecule has 2 aromatic heterocycles. The second kappa shape index (κ2) is 8.49. The topological polar surface area (TPSA) is 53.0 Å². The number of aromatic nitrogens is 2. The summed E-state index contributed by atoms with van der Waals surface area (Å²) in [6, 6.07) is 24.2. The van der Waals surface area contributed by atoms with E-state index in [-0.39, 0.29) is 16.5 Å². The first-order valence-corrected chi connectivity index (χ1v) is 11.9. The number of nitro benzene ring substituents is 1. The highest BCUT2D eigenvalue weighted by molar-refractivity contribution is 5.91. The highest BCUT2D eigenvalue weighted by atomic mass is 16.6. The maximum Gasteiger partial charge on any atom is 0.269 e. The van der Waals surface area contributed by atoms with Gasteiger partial charge in [-0.3, -0.25) is 10.1 Å². The molecule has 0 fully saturated rings. The lowest BCUT2D eigenvalue weighted by atomic mass is 9.82. The number of fused-ring (bicyclic) bond motifs is 2. The summed E-state index contributed by atoms with van der Waals surface area (Å²) < 4.78 is 4.70. The van der Waals surface area contributed by atoms with Gasteiger partial charge in [0.25, 0.3) is 5.69 Å². The summed E-state index contributed by atoms with van der Waals surface area (Å²) in [5.41, 5.74) is 8.31. The Hall–Kier alpha value is -3.86. The van der Waals surface area contributed by atoms with Gasteiger partial charge < -0.3 is 9.13 Å². The summed E-state index contributed by atoms with van der Waals surface area (Å²) in [5, 5.41) is 14.1. The molecule has 5 nitrogen and oxygen atoms in total. The van der Waals surface area contributed by atoms with Crippen LogP contribution in [0.25, 0.3) is 21.8 Å². The van der Waals surface area contributed by atoms with Crippen molar-refractivity contribution in [2.45, 2.75) is 46.7 Å². The van der Waals surface area contributed by atoms with Gasteiger partial charge in [0.15, 0.2) is 0 Å². The summed E-state index contributed by atoms with van der Waals surface area (Å²) in [7, 11) is 0. The highest BCUT2D eigenvalue weighted by Crippen LogP contribution is 2.45. The Balaban J connectivity index is 1.93. The SMILES string of the molecule is CCn1c(C)c(C(c2cccc([N+](=O)[O-])c2)c2c(C)n(CC)c3ccccc23)c2ccccc21. The lowest BCUT2D eigenvalue weighted by Gasteiger charge is -2.21. The number of non-ortho nitro benzene ring substituents is 1. The molecule has 34 heavy (non-hydrogen) atoms. The van der Waals surface area contributed by atoms with Crippen LogP contribution in [0.4, 0.5) is 5.69 Å². The number of nitrogens with zero attached hydrogens (tertiary/aromatic N) is 3. The van der Waals surface area contributed by atoms with Crippen molar-refractivity contribution in [2.75, 3.05) is 0 Å². The molecule has 3 aromatic carbocycles. The fourth-order valence-corrected chi connectivity index (χ4v) is 5.75. The number of aryl methyl sites for hydroxylation is 2. The number of para-hydroxylation sites is 2. The third-order valence-corrected chi connectivity index (χ3v) is 7.18. The van der Waals surface area contributed by atoms with Gasteiger partial charge in [0.1, 0.15) is 0 Å². The van der Waals surface area contributed by atoms with Gasteiger partial charge in [0, 0.05) is 64.3 Å². The van der Waals surface area contributed by atoms with Crippen molar-refractivity contribution < 1.29 is 4.92 Å². The third kappa shape index (κ3) is 3.23. The van der Waals surface area contributed by atoms with Gasteiger partial charge in [-0.15, -0.1) is 0 Å². The molecule has 0 unspecified atom stereocenters. The van der Waals surface area contributed by atoms with E-state index in [4.69, 9.17) is 0 Å². The van der Waals surface area contributed by atoms with Crippen molar-refractivity contribution in [1.82, 2.24) is 9.13 Å². The standard InChI is InChI=1S/C29H29N3O2/c1-5-30-19(3)27(23-14-7-9-16-25(23)30)29(21-12-11-13-22(18-21)32(33)34)28-20(4)31(6-2)26-17-10-8-15-24(26)28/h7-18,29H,5-6H2,1-4H3. The van der Waals surface area contributed by atoms with E-state index in [0.717, 1.165) is 18.7 Å². The molecule has 0 amide bonds. The summed E-state index contributed by atoms with van der Waals surface area (Å²) in [6.07, 6.45) is 0. The smallest absolute Gasteiger partial charge is 0.269 e. The molecule has 5 rings (SSSR count). The van der Waals surface area contributed by atoms with Gasteiger partial charge in [-0.2, -0.15) is 0 Å². The molecule has 0 bridgehead atoms. The van der Waals surface area contributed by atoms with Crippen LogP contribution in [-0.4, -0.2) is 14.1 Å². The van der Waals surface area contributed by atoms with Crippen LogP contribution in [0.2, 0.25) is 0 Å². The van der Waals surface area contributed by atoms with E-state index in [9.17, 15) is 10.1 Å². The number of nitro groups is 1. The molecule has 5 heteroatoms. The molecule has 0 aliphatic heterocycles. The first kappa shape index (κ1) is 22.0. The summed E-state index contributed by atoms with van der Waals surface area (Å²) >= 11 is 0. The molecule has 5 aromatic rings. The van der Waals surface area contributed by atoms with Crippen molar-refractivity contribution >= 4 is 27.5 Å². The van der Waals surface area contributed by atoms with Crippen LogP contribution in [-0.2, 0) is 13.1 Å². The second-order valence-corrected chi connectivity index (χ2v) is 8.81. The van der Waals surface area contributed by atoms with E-state index in [0.29, 0.717) is 0 Å². The van der Waals surface area contributed by atoms with Crippen LogP contribution in [0, 0.1) is 24.0 Å². The van der Waals surface area contributed by atoms with Crippen LogP contribution in [0.15, 0.2) is 72.8 Å². The molecule has 2 heterocycles. The van der Waals surface area contributed by atoms with Gasteiger partial charge in [-0.05, 0) is 56.5 Å². The van der Waals surface area contributed by atoms with E-state index in [1.807, 2.05) is 12.1 Å². The summed E-state index contributed by atoms with van der Waals surface area (Å²) in [6.45, 7) is 10.4. The number of hydrogen-bond acceptors (Lipinski definition) is 2. The number of hydrogen-bond donors (Lipinski definition) is 0. The first-order chi connectivity index (χ1) is 16.5. The van der Waals surface area contributed by atoms with Gasteiger partial charge >= 0.3 is 0 Å². The quantitative estimate of drug-likeness (QED) is 0.200. The fraction of sp³-hybridized carbons (Fsp3) is 0.241. The predicted molar refractivity (Wildman–Crippen MR) is 139 cm³/mol.